The van der Waals surface area contributed by atoms with Crippen LogP contribution in [-0.2, 0) is 0 Å². The van der Waals surface area contributed by atoms with Crippen LogP contribution in [0.25, 0.3) is 0 Å². The summed E-state index contributed by atoms with van der Waals surface area (Å²) in [7, 11) is 0. The predicted octanol–water partition coefficient (Wildman–Crippen LogP) is 1.08. The van der Waals surface area contributed by atoms with Gasteiger partial charge in [-0.15, -0.1) is 6.42 Å². The van der Waals surface area contributed by atoms with Crippen molar-refractivity contribution in [3.05, 3.63) is 0 Å². The van der Waals surface area contributed by atoms with Crippen molar-refractivity contribution in [2.24, 2.45) is 5.92 Å². The lowest BCUT2D eigenvalue weighted by molar-refractivity contribution is 0.217. The molecule has 0 bridgehead atoms. The van der Waals surface area contributed by atoms with Crippen LogP contribution in [0.3, 0.4) is 0 Å². The normalized spacial score (nSPS) is 23.7. The predicted molar refractivity (Wildman–Crippen MR) is 59.0 cm³/mol. The van der Waals surface area contributed by atoms with Crippen LogP contribution >= 0.6 is 0 Å². The second-order valence-corrected chi connectivity index (χ2v) is 4.56. The third-order valence-electron chi connectivity index (χ3n) is 3.31. The van der Waals surface area contributed by atoms with Gasteiger partial charge in [0.05, 0.1) is 6.54 Å². The first-order valence-electron chi connectivity index (χ1n) is 5.78. The monoisotopic (exact) mass is 192 g/mol. The summed E-state index contributed by atoms with van der Waals surface area (Å²) in [4.78, 5) is 2.51. The molecule has 2 aliphatic rings. The topological polar surface area (TPSA) is 15.3 Å². The molecule has 0 radical (unpaired) electrons. The molecule has 0 aromatic carbocycles. The quantitative estimate of drug-likeness (QED) is 0.671. The summed E-state index contributed by atoms with van der Waals surface area (Å²) in [5.41, 5.74) is 0. The Hall–Kier alpha value is -0.520. The third-order valence-corrected chi connectivity index (χ3v) is 3.31. The maximum absolute atomic E-state index is 5.40. The number of hydrogen-bond acceptors (Lipinski definition) is 2. The molecule has 14 heavy (non-hydrogen) atoms. The van der Waals surface area contributed by atoms with Crippen LogP contribution in [0.2, 0.25) is 0 Å². The molecule has 2 heteroatoms. The second kappa shape index (κ2) is 4.82. The Labute approximate surface area is 87.1 Å². The van der Waals surface area contributed by atoms with Gasteiger partial charge in [-0.1, -0.05) is 5.92 Å². The molecule has 2 fully saturated rings. The second-order valence-electron chi connectivity index (χ2n) is 4.56. The third kappa shape index (κ3) is 2.73. The zero-order valence-electron chi connectivity index (χ0n) is 8.84. The van der Waals surface area contributed by atoms with Crippen LogP contribution in [0.15, 0.2) is 0 Å². The van der Waals surface area contributed by atoms with E-state index in [0.29, 0.717) is 0 Å². The first-order valence-corrected chi connectivity index (χ1v) is 5.78. The van der Waals surface area contributed by atoms with Crippen molar-refractivity contribution in [1.82, 2.24) is 10.2 Å². The molecule has 78 valence electrons. The smallest absolute Gasteiger partial charge is 0.0601 e. The van der Waals surface area contributed by atoms with Crippen LogP contribution in [0.5, 0.6) is 0 Å². The fourth-order valence-corrected chi connectivity index (χ4v) is 2.30. The van der Waals surface area contributed by atoms with E-state index in [4.69, 9.17) is 6.42 Å². The molecule has 1 saturated carbocycles. The van der Waals surface area contributed by atoms with Gasteiger partial charge in [-0.3, -0.25) is 4.90 Å². The number of hydrogen-bond donors (Lipinski definition) is 1. The van der Waals surface area contributed by atoms with Gasteiger partial charge in [-0.25, -0.2) is 0 Å². The molecule has 0 aromatic heterocycles. The molecule has 0 amide bonds. The van der Waals surface area contributed by atoms with Crippen LogP contribution in [0, 0.1) is 18.3 Å². The number of nitrogens with zero attached hydrogens (tertiary/aromatic N) is 1. The van der Waals surface area contributed by atoms with E-state index in [1.807, 2.05) is 0 Å². The van der Waals surface area contributed by atoms with Gasteiger partial charge >= 0.3 is 0 Å². The molecule has 0 unspecified atom stereocenters. The van der Waals surface area contributed by atoms with E-state index in [-0.39, 0.29) is 0 Å². The number of nitrogens with one attached hydrogen (secondary N) is 1. The molecule has 1 saturated heterocycles. The van der Waals surface area contributed by atoms with Crippen molar-refractivity contribution in [2.75, 3.05) is 26.2 Å². The Morgan fingerprint density at radius 2 is 1.93 bits per heavy atom. The van der Waals surface area contributed by atoms with Crippen LogP contribution in [-0.4, -0.2) is 37.1 Å². The summed E-state index contributed by atoms with van der Waals surface area (Å²) in [5.74, 6) is 3.67. The minimum absolute atomic E-state index is 0.820. The Kier molecular flexibility index (Phi) is 3.44. The fraction of sp³-hybridized carbons (Fsp3) is 0.833. The van der Waals surface area contributed by atoms with E-state index in [9.17, 15) is 0 Å². The van der Waals surface area contributed by atoms with Crippen molar-refractivity contribution in [3.63, 3.8) is 0 Å². The van der Waals surface area contributed by atoms with E-state index in [1.165, 1.54) is 45.3 Å². The lowest BCUT2D eigenvalue weighted by Gasteiger charge is -2.28. The maximum atomic E-state index is 5.40. The van der Waals surface area contributed by atoms with E-state index in [0.717, 1.165) is 18.5 Å². The van der Waals surface area contributed by atoms with Gasteiger partial charge < -0.3 is 5.32 Å². The highest BCUT2D eigenvalue weighted by Gasteiger charge is 2.30. The minimum Gasteiger partial charge on any atom is -0.317 e. The Bertz CT molecular complexity index is 209. The first-order chi connectivity index (χ1) is 6.90. The van der Waals surface area contributed by atoms with Gasteiger partial charge in [0.2, 0.25) is 0 Å². The summed E-state index contributed by atoms with van der Waals surface area (Å²) in [5, 5.41) is 3.41. The van der Waals surface area contributed by atoms with Gasteiger partial charge in [-0.2, -0.15) is 0 Å². The Morgan fingerprint density at radius 3 is 2.50 bits per heavy atom. The standard InChI is InChI=1S/C12H20N2/c1-2-9-14(12-3-4-12)10-11-5-7-13-8-6-11/h1,11-13H,3-10H2. The highest BCUT2D eigenvalue weighted by atomic mass is 15.2. The van der Waals surface area contributed by atoms with E-state index in [1.54, 1.807) is 0 Å². The van der Waals surface area contributed by atoms with Gasteiger partial charge in [0.15, 0.2) is 0 Å². The molecule has 1 heterocycles. The van der Waals surface area contributed by atoms with Gasteiger partial charge in [0.25, 0.3) is 0 Å². The molecular formula is C12H20N2. The Morgan fingerprint density at radius 1 is 1.21 bits per heavy atom. The van der Waals surface area contributed by atoms with Gasteiger partial charge in [0, 0.05) is 12.6 Å². The SMILES string of the molecule is C#CCN(CC1CCNCC1)C1CC1. The summed E-state index contributed by atoms with van der Waals surface area (Å²) >= 11 is 0. The summed E-state index contributed by atoms with van der Waals surface area (Å²) < 4.78 is 0. The molecular weight excluding hydrogens is 172 g/mol. The molecule has 0 aromatic rings. The fourth-order valence-electron chi connectivity index (χ4n) is 2.30. The largest absolute Gasteiger partial charge is 0.317 e. The molecule has 1 N–H and O–H groups in total. The van der Waals surface area contributed by atoms with Crippen molar-refractivity contribution in [3.8, 4) is 12.3 Å². The summed E-state index contributed by atoms with van der Waals surface area (Å²) in [6.07, 6.45) is 10.8. The summed E-state index contributed by atoms with van der Waals surface area (Å²) in [6, 6.07) is 0.820. The molecule has 2 nitrogen and oxygen atoms in total. The lowest BCUT2D eigenvalue weighted by atomic mass is 9.97. The zero-order chi connectivity index (χ0) is 9.80. The Balaban J connectivity index is 1.77. The minimum atomic E-state index is 0.820. The zero-order valence-corrected chi connectivity index (χ0v) is 8.84. The lowest BCUT2D eigenvalue weighted by Crippen LogP contribution is -2.37. The van der Waals surface area contributed by atoms with E-state index in [2.05, 4.69) is 16.1 Å². The average Bonchev–Trinajstić information content (AvgIpc) is 3.02. The molecule has 1 aliphatic carbocycles. The van der Waals surface area contributed by atoms with Crippen LogP contribution in [0.1, 0.15) is 25.7 Å². The van der Waals surface area contributed by atoms with E-state index < -0.39 is 0 Å². The maximum Gasteiger partial charge on any atom is 0.0601 e. The van der Waals surface area contributed by atoms with Crippen molar-refractivity contribution in [2.45, 2.75) is 31.7 Å². The highest BCUT2D eigenvalue weighted by molar-refractivity contribution is 4.95. The highest BCUT2D eigenvalue weighted by Crippen LogP contribution is 2.28. The van der Waals surface area contributed by atoms with E-state index >= 15 is 0 Å². The number of terminal acetylenes is 1. The molecule has 1 aliphatic heterocycles. The number of rotatable bonds is 4. The van der Waals surface area contributed by atoms with Crippen molar-refractivity contribution < 1.29 is 0 Å². The van der Waals surface area contributed by atoms with Crippen molar-refractivity contribution in [1.29, 1.82) is 0 Å². The first kappa shape index (κ1) is 10.0. The van der Waals surface area contributed by atoms with Crippen molar-refractivity contribution >= 4 is 0 Å². The number of piperidine rings is 1. The average molecular weight is 192 g/mol. The van der Waals surface area contributed by atoms with Crippen LogP contribution < -0.4 is 5.32 Å². The van der Waals surface area contributed by atoms with Gasteiger partial charge in [-0.05, 0) is 44.7 Å². The van der Waals surface area contributed by atoms with Crippen LogP contribution in [0.4, 0.5) is 0 Å². The molecule has 2 rings (SSSR count). The molecule has 0 atom stereocenters. The van der Waals surface area contributed by atoms with Gasteiger partial charge in [0.1, 0.15) is 0 Å². The summed E-state index contributed by atoms with van der Waals surface area (Å²) in [6.45, 7) is 4.48. The molecule has 0 spiro atoms.